The van der Waals surface area contributed by atoms with Gasteiger partial charge >= 0.3 is 0 Å². The van der Waals surface area contributed by atoms with Gasteiger partial charge in [0, 0.05) is 18.3 Å². The summed E-state index contributed by atoms with van der Waals surface area (Å²) in [4.78, 5) is 12.3. The third-order valence-electron chi connectivity index (χ3n) is 3.77. The van der Waals surface area contributed by atoms with E-state index in [0.29, 0.717) is 13.2 Å². The zero-order chi connectivity index (χ0) is 16.2. The number of hydrogen-bond donors (Lipinski definition) is 4. The van der Waals surface area contributed by atoms with Crippen LogP contribution >= 0.6 is 0 Å². The minimum Gasteiger partial charge on any atom is -0.492 e. The van der Waals surface area contributed by atoms with Gasteiger partial charge in [0.2, 0.25) is 5.91 Å². The van der Waals surface area contributed by atoms with Gasteiger partial charge in [-0.2, -0.15) is 0 Å². The Hall–Kier alpha value is -1.63. The Morgan fingerprint density at radius 2 is 2.00 bits per heavy atom. The van der Waals surface area contributed by atoms with E-state index in [0.717, 1.165) is 17.9 Å². The lowest BCUT2D eigenvalue weighted by molar-refractivity contribution is -0.117. The Balaban J connectivity index is 1.87. The van der Waals surface area contributed by atoms with Crippen LogP contribution in [0.25, 0.3) is 0 Å². The molecule has 1 aliphatic rings. The summed E-state index contributed by atoms with van der Waals surface area (Å²) in [6, 6.07) is 7.35. The molecule has 2 rings (SSSR count). The summed E-state index contributed by atoms with van der Waals surface area (Å²) in [6.45, 7) is 7.44. The molecular weight excluding hydrogens is 280 g/mol. The van der Waals surface area contributed by atoms with Crippen LogP contribution in [0.4, 0.5) is 5.69 Å². The summed E-state index contributed by atoms with van der Waals surface area (Å²) >= 11 is 0. The molecule has 0 aliphatic carbocycles. The van der Waals surface area contributed by atoms with Gasteiger partial charge < -0.3 is 15.8 Å². The molecule has 0 aromatic heterocycles. The maximum absolute atomic E-state index is 12.3. The van der Waals surface area contributed by atoms with Gasteiger partial charge in [-0.25, -0.2) is 5.43 Å². The topological polar surface area (TPSA) is 88.4 Å². The van der Waals surface area contributed by atoms with Crippen molar-refractivity contribution in [2.24, 2.45) is 11.1 Å². The lowest BCUT2D eigenvalue weighted by Gasteiger charge is -2.25. The van der Waals surface area contributed by atoms with Crippen LogP contribution in [0.2, 0.25) is 0 Å². The molecule has 1 aromatic rings. The molecule has 2 atom stereocenters. The first-order chi connectivity index (χ1) is 10.4. The van der Waals surface area contributed by atoms with Crippen LogP contribution in [0.5, 0.6) is 5.75 Å². The number of carbonyl (C=O) groups is 1. The molecular formula is C16H26N4O2. The Morgan fingerprint density at radius 3 is 2.55 bits per heavy atom. The van der Waals surface area contributed by atoms with Gasteiger partial charge in [0.1, 0.15) is 18.4 Å². The van der Waals surface area contributed by atoms with Gasteiger partial charge in [-0.05, 0) is 36.1 Å². The van der Waals surface area contributed by atoms with Crippen molar-refractivity contribution < 1.29 is 9.53 Å². The molecule has 6 heteroatoms. The summed E-state index contributed by atoms with van der Waals surface area (Å²) < 4.78 is 5.41. The normalized spacial score (nSPS) is 21.6. The summed E-state index contributed by atoms with van der Waals surface area (Å²) in [5.74, 6) is 0.715. The Bertz CT molecular complexity index is 496. The summed E-state index contributed by atoms with van der Waals surface area (Å²) in [7, 11) is 0. The number of anilines is 1. The van der Waals surface area contributed by atoms with Gasteiger partial charge in [-0.3, -0.25) is 10.2 Å². The molecule has 1 heterocycles. The third kappa shape index (κ3) is 4.43. The largest absolute Gasteiger partial charge is 0.492 e. The average Bonchev–Trinajstić information content (AvgIpc) is 2.96. The van der Waals surface area contributed by atoms with Gasteiger partial charge in [0.15, 0.2) is 0 Å². The predicted molar refractivity (Wildman–Crippen MR) is 87.5 cm³/mol. The highest BCUT2D eigenvalue weighted by molar-refractivity contribution is 5.95. The molecule has 0 spiro atoms. The molecule has 1 amide bonds. The third-order valence-corrected chi connectivity index (χ3v) is 3.77. The lowest BCUT2D eigenvalue weighted by Crippen LogP contribution is -2.42. The molecule has 22 heavy (non-hydrogen) atoms. The molecule has 1 aromatic carbocycles. The molecule has 0 bridgehead atoms. The smallest absolute Gasteiger partial charge is 0.242 e. The molecule has 122 valence electrons. The van der Waals surface area contributed by atoms with Gasteiger partial charge in [0.25, 0.3) is 0 Å². The maximum Gasteiger partial charge on any atom is 0.242 e. The van der Waals surface area contributed by atoms with Crippen LogP contribution in [-0.2, 0) is 4.79 Å². The van der Waals surface area contributed by atoms with Crippen LogP contribution < -0.4 is 26.6 Å². The van der Waals surface area contributed by atoms with E-state index in [1.807, 2.05) is 24.3 Å². The van der Waals surface area contributed by atoms with Crippen LogP contribution in [-0.4, -0.2) is 31.1 Å². The highest BCUT2D eigenvalue weighted by Crippen LogP contribution is 2.25. The fourth-order valence-corrected chi connectivity index (χ4v) is 2.34. The highest BCUT2D eigenvalue weighted by atomic mass is 16.5. The number of hydrazine groups is 1. The maximum atomic E-state index is 12.3. The van der Waals surface area contributed by atoms with Crippen molar-refractivity contribution in [3.8, 4) is 5.75 Å². The number of hydrogen-bond acceptors (Lipinski definition) is 5. The highest BCUT2D eigenvalue weighted by Gasteiger charge is 2.35. The van der Waals surface area contributed by atoms with Crippen molar-refractivity contribution in [1.29, 1.82) is 0 Å². The van der Waals surface area contributed by atoms with E-state index in [9.17, 15) is 4.79 Å². The van der Waals surface area contributed by atoms with Crippen molar-refractivity contribution in [3.63, 3.8) is 0 Å². The molecule has 6 nitrogen and oxygen atoms in total. The number of benzene rings is 1. The molecule has 2 unspecified atom stereocenters. The number of carbonyl (C=O) groups excluding carboxylic acids is 1. The number of ether oxygens (including phenoxy) is 1. The first-order valence-corrected chi connectivity index (χ1v) is 7.65. The van der Waals surface area contributed by atoms with Crippen LogP contribution in [0, 0.1) is 5.41 Å². The first kappa shape index (κ1) is 16.7. The monoisotopic (exact) mass is 306 g/mol. The van der Waals surface area contributed by atoms with Crippen LogP contribution in [0.1, 0.15) is 27.2 Å². The van der Waals surface area contributed by atoms with E-state index in [2.05, 4.69) is 36.9 Å². The fourth-order valence-electron chi connectivity index (χ4n) is 2.34. The predicted octanol–water partition coefficient (Wildman–Crippen LogP) is 1.24. The van der Waals surface area contributed by atoms with Crippen molar-refractivity contribution >= 4 is 11.6 Å². The Kier molecular flexibility index (Phi) is 5.39. The number of nitrogens with two attached hydrogens (primary N) is 1. The second-order valence-electron chi connectivity index (χ2n) is 6.65. The van der Waals surface area contributed by atoms with Gasteiger partial charge in [-0.1, -0.05) is 20.8 Å². The second-order valence-corrected chi connectivity index (χ2v) is 6.65. The molecule has 1 fully saturated rings. The summed E-state index contributed by atoms with van der Waals surface area (Å²) in [5, 5.41) is 2.92. The quantitative estimate of drug-likeness (QED) is 0.657. The van der Waals surface area contributed by atoms with Gasteiger partial charge in [0.05, 0.1) is 0 Å². The first-order valence-electron chi connectivity index (χ1n) is 7.65. The zero-order valence-corrected chi connectivity index (χ0v) is 13.5. The molecule has 0 saturated carbocycles. The standard InChI is InChI=1S/C16H26N4O2/c1-16(2,3)14-10-13(19-20-14)15(21)18-11-4-6-12(7-5-11)22-9-8-17/h4-7,13-14,19-20H,8-10,17H2,1-3H3,(H,18,21). The van der Waals surface area contributed by atoms with E-state index >= 15 is 0 Å². The SMILES string of the molecule is CC(C)(C)C1CC(C(=O)Nc2ccc(OCCN)cc2)NN1. The fraction of sp³-hybridized carbons (Fsp3) is 0.562. The van der Waals surface area contributed by atoms with Gasteiger partial charge in [-0.15, -0.1) is 0 Å². The number of rotatable bonds is 5. The molecule has 5 N–H and O–H groups in total. The van der Waals surface area contributed by atoms with Crippen LogP contribution in [0.15, 0.2) is 24.3 Å². The summed E-state index contributed by atoms with van der Waals surface area (Å²) in [5.41, 5.74) is 12.5. The Morgan fingerprint density at radius 1 is 1.32 bits per heavy atom. The van der Waals surface area contributed by atoms with Crippen molar-refractivity contribution in [3.05, 3.63) is 24.3 Å². The molecule has 1 aliphatic heterocycles. The second kappa shape index (κ2) is 7.09. The lowest BCUT2D eigenvalue weighted by atomic mass is 9.84. The zero-order valence-electron chi connectivity index (χ0n) is 13.5. The minimum atomic E-state index is -0.225. The van der Waals surface area contributed by atoms with E-state index in [-0.39, 0.29) is 23.4 Å². The van der Waals surface area contributed by atoms with Crippen LogP contribution in [0.3, 0.4) is 0 Å². The molecule has 1 saturated heterocycles. The van der Waals surface area contributed by atoms with E-state index in [1.54, 1.807) is 0 Å². The minimum absolute atomic E-state index is 0.0325. The number of nitrogens with one attached hydrogen (secondary N) is 3. The van der Waals surface area contributed by atoms with Crippen molar-refractivity contribution in [1.82, 2.24) is 10.9 Å². The van der Waals surface area contributed by atoms with E-state index < -0.39 is 0 Å². The van der Waals surface area contributed by atoms with E-state index in [1.165, 1.54) is 0 Å². The number of amides is 1. The van der Waals surface area contributed by atoms with Crippen molar-refractivity contribution in [2.45, 2.75) is 39.3 Å². The Labute approximate surface area is 131 Å². The van der Waals surface area contributed by atoms with E-state index in [4.69, 9.17) is 10.5 Å². The summed E-state index contributed by atoms with van der Waals surface area (Å²) in [6.07, 6.45) is 0.771. The molecule has 0 radical (unpaired) electrons. The average molecular weight is 306 g/mol. The van der Waals surface area contributed by atoms with Crippen molar-refractivity contribution in [2.75, 3.05) is 18.5 Å².